The number of urea groups is 1. The van der Waals surface area contributed by atoms with Crippen LogP contribution in [-0.4, -0.2) is 46.2 Å². The Hall–Kier alpha value is -1.96. The van der Waals surface area contributed by atoms with Gasteiger partial charge in [0.2, 0.25) is 0 Å². The van der Waals surface area contributed by atoms with Crippen LogP contribution in [0.2, 0.25) is 0 Å². The maximum Gasteiger partial charge on any atom is 0.319 e. The Bertz CT molecular complexity index is 672. The molecular weight excluding hydrogens is 308 g/mol. The first kappa shape index (κ1) is 16.4. The minimum atomic E-state index is -3.02. The molecule has 0 aromatic heterocycles. The topological polar surface area (TPSA) is 93.7 Å². The average molecular weight is 328 g/mol. The number of anilines is 1. The highest BCUT2D eigenvalue weighted by Gasteiger charge is 2.29. The van der Waals surface area contributed by atoms with Gasteiger partial charge in [-0.2, -0.15) is 0 Å². The lowest BCUT2D eigenvalue weighted by molar-refractivity contribution is 0.249. The van der Waals surface area contributed by atoms with Gasteiger partial charge in [0.15, 0.2) is 21.3 Å². The fraction of sp³-hybridized carbons (Fsp3) is 0.500. The number of carbonyl (C=O) groups is 1. The average Bonchev–Trinajstić information content (AvgIpc) is 2.79. The number of benzene rings is 1. The monoisotopic (exact) mass is 328 g/mol. The van der Waals surface area contributed by atoms with Crippen molar-refractivity contribution in [2.24, 2.45) is 0 Å². The van der Waals surface area contributed by atoms with Gasteiger partial charge in [-0.1, -0.05) is 0 Å². The van der Waals surface area contributed by atoms with Crippen LogP contribution in [-0.2, 0) is 9.84 Å². The van der Waals surface area contributed by atoms with Crippen LogP contribution < -0.4 is 20.1 Å². The summed E-state index contributed by atoms with van der Waals surface area (Å²) in [5.41, 5.74) is 1.39. The highest BCUT2D eigenvalue weighted by molar-refractivity contribution is 7.91. The number of sulfone groups is 1. The highest BCUT2D eigenvalue weighted by Crippen LogP contribution is 2.32. The van der Waals surface area contributed by atoms with Crippen LogP contribution in [0.3, 0.4) is 0 Å². The first-order chi connectivity index (χ1) is 10.3. The zero-order valence-corrected chi connectivity index (χ0v) is 13.6. The predicted molar refractivity (Wildman–Crippen MR) is 83.5 cm³/mol. The van der Waals surface area contributed by atoms with E-state index >= 15 is 0 Å². The zero-order valence-electron chi connectivity index (χ0n) is 12.8. The lowest BCUT2D eigenvalue weighted by Crippen LogP contribution is -2.38. The first-order valence-corrected chi connectivity index (χ1v) is 8.67. The number of ether oxygens (including phenoxy) is 2. The summed E-state index contributed by atoms with van der Waals surface area (Å²) in [6.07, 6.45) is 0.445. The Morgan fingerprint density at radius 3 is 2.41 bits per heavy atom. The molecule has 1 aromatic carbocycles. The first-order valence-electron chi connectivity index (χ1n) is 6.85. The van der Waals surface area contributed by atoms with Gasteiger partial charge >= 0.3 is 6.03 Å². The molecule has 122 valence electrons. The Morgan fingerprint density at radius 1 is 1.23 bits per heavy atom. The van der Waals surface area contributed by atoms with Crippen molar-refractivity contribution in [1.82, 2.24) is 5.32 Å². The van der Waals surface area contributed by atoms with Gasteiger partial charge in [0.05, 0.1) is 25.7 Å². The van der Waals surface area contributed by atoms with E-state index in [1.165, 1.54) is 14.2 Å². The van der Waals surface area contributed by atoms with Crippen LogP contribution in [0.1, 0.15) is 12.0 Å². The molecule has 0 bridgehead atoms. The predicted octanol–water partition coefficient (Wildman–Crippen LogP) is 1.32. The number of amides is 2. The molecule has 8 heteroatoms. The van der Waals surface area contributed by atoms with E-state index in [2.05, 4.69) is 10.6 Å². The quantitative estimate of drug-likeness (QED) is 0.869. The molecule has 1 aliphatic rings. The lowest BCUT2D eigenvalue weighted by atomic mass is 10.1. The van der Waals surface area contributed by atoms with Crippen molar-refractivity contribution in [2.75, 3.05) is 31.0 Å². The van der Waals surface area contributed by atoms with E-state index in [1.807, 2.05) is 6.92 Å². The summed E-state index contributed by atoms with van der Waals surface area (Å²) in [7, 11) is 0.0328. The van der Waals surface area contributed by atoms with Gasteiger partial charge in [-0.05, 0) is 25.0 Å². The third-order valence-corrected chi connectivity index (χ3v) is 5.31. The molecule has 7 nitrogen and oxygen atoms in total. The van der Waals surface area contributed by atoms with Gasteiger partial charge in [-0.15, -0.1) is 0 Å². The normalized spacial score (nSPS) is 19.5. The van der Waals surface area contributed by atoms with Crippen LogP contribution in [0.25, 0.3) is 0 Å². The van der Waals surface area contributed by atoms with E-state index in [9.17, 15) is 13.2 Å². The second-order valence-corrected chi connectivity index (χ2v) is 7.45. The molecule has 0 unspecified atom stereocenters. The van der Waals surface area contributed by atoms with Crippen LogP contribution in [0.15, 0.2) is 12.1 Å². The smallest absolute Gasteiger partial charge is 0.319 e. The molecule has 0 saturated carbocycles. The van der Waals surface area contributed by atoms with Crippen LogP contribution in [0, 0.1) is 6.92 Å². The van der Waals surface area contributed by atoms with Crippen molar-refractivity contribution in [2.45, 2.75) is 19.4 Å². The minimum absolute atomic E-state index is 0.00860. The molecule has 0 radical (unpaired) electrons. The van der Waals surface area contributed by atoms with E-state index < -0.39 is 15.9 Å². The molecule has 1 atom stereocenters. The van der Waals surface area contributed by atoms with Crippen molar-refractivity contribution < 1.29 is 22.7 Å². The van der Waals surface area contributed by atoms with Gasteiger partial charge in [0.1, 0.15) is 0 Å². The van der Waals surface area contributed by atoms with Crippen LogP contribution >= 0.6 is 0 Å². The van der Waals surface area contributed by atoms with Gasteiger partial charge < -0.3 is 20.1 Å². The largest absolute Gasteiger partial charge is 0.493 e. The minimum Gasteiger partial charge on any atom is -0.493 e. The second-order valence-electron chi connectivity index (χ2n) is 5.22. The van der Waals surface area contributed by atoms with Gasteiger partial charge in [0, 0.05) is 17.8 Å². The number of hydrogen-bond acceptors (Lipinski definition) is 5. The number of aryl methyl sites for hydroxylation is 1. The molecule has 1 fully saturated rings. The second kappa shape index (κ2) is 6.43. The van der Waals surface area contributed by atoms with E-state index in [0.717, 1.165) is 5.56 Å². The fourth-order valence-electron chi connectivity index (χ4n) is 2.37. The fourth-order valence-corrected chi connectivity index (χ4v) is 4.04. The van der Waals surface area contributed by atoms with Crippen molar-refractivity contribution >= 4 is 21.6 Å². The summed E-state index contributed by atoms with van der Waals surface area (Å²) < 4.78 is 33.2. The Morgan fingerprint density at radius 2 is 1.86 bits per heavy atom. The molecule has 1 aliphatic heterocycles. The van der Waals surface area contributed by atoms with E-state index in [0.29, 0.717) is 23.6 Å². The summed E-state index contributed by atoms with van der Waals surface area (Å²) in [6, 6.07) is 2.65. The van der Waals surface area contributed by atoms with Crippen molar-refractivity contribution in [1.29, 1.82) is 0 Å². The number of nitrogens with one attached hydrogen (secondary N) is 2. The Kier molecular flexibility index (Phi) is 4.80. The number of methoxy groups -OCH3 is 2. The number of carbonyl (C=O) groups excluding carboxylic acids is 1. The maximum atomic E-state index is 12.0. The van der Waals surface area contributed by atoms with Crippen molar-refractivity contribution in [3.8, 4) is 11.5 Å². The molecule has 2 rings (SSSR count). The maximum absolute atomic E-state index is 12.0. The summed E-state index contributed by atoms with van der Waals surface area (Å²) in [5, 5.41) is 5.39. The summed E-state index contributed by atoms with van der Waals surface area (Å²) in [4.78, 5) is 12.0. The molecular formula is C14H20N2O5S. The van der Waals surface area contributed by atoms with Crippen molar-refractivity contribution in [3.05, 3.63) is 17.7 Å². The molecule has 1 saturated heterocycles. The zero-order chi connectivity index (χ0) is 16.3. The number of hydrogen-bond donors (Lipinski definition) is 2. The number of rotatable bonds is 4. The van der Waals surface area contributed by atoms with Crippen LogP contribution in [0.4, 0.5) is 10.5 Å². The van der Waals surface area contributed by atoms with Crippen molar-refractivity contribution in [3.63, 3.8) is 0 Å². The van der Waals surface area contributed by atoms with Gasteiger partial charge in [0.25, 0.3) is 0 Å². The third kappa shape index (κ3) is 3.82. The third-order valence-electron chi connectivity index (χ3n) is 3.55. The SMILES string of the molecule is COc1cc(C)c(NC(=O)N[C@@H]2CCS(=O)(=O)C2)cc1OC. The van der Waals surface area contributed by atoms with Gasteiger partial charge in [-0.3, -0.25) is 0 Å². The Balaban J connectivity index is 2.05. The molecule has 2 amide bonds. The van der Waals surface area contributed by atoms with E-state index in [1.54, 1.807) is 12.1 Å². The molecule has 2 N–H and O–H groups in total. The van der Waals surface area contributed by atoms with E-state index in [4.69, 9.17) is 9.47 Å². The summed E-state index contributed by atoms with van der Waals surface area (Å²) in [6.45, 7) is 1.83. The van der Waals surface area contributed by atoms with Gasteiger partial charge in [-0.25, -0.2) is 13.2 Å². The van der Waals surface area contributed by atoms with Crippen LogP contribution in [0.5, 0.6) is 11.5 Å². The standard InChI is InChI=1S/C14H20N2O5S/c1-9-6-12(20-2)13(21-3)7-11(9)16-14(17)15-10-4-5-22(18,19)8-10/h6-7,10H,4-5,8H2,1-3H3,(H2,15,16,17)/t10-/m1/s1. The summed E-state index contributed by atoms with van der Waals surface area (Å²) in [5.74, 6) is 1.19. The lowest BCUT2D eigenvalue weighted by Gasteiger charge is -2.15. The molecule has 1 aromatic rings. The molecule has 0 spiro atoms. The summed E-state index contributed by atoms with van der Waals surface area (Å²) >= 11 is 0. The molecule has 1 heterocycles. The highest BCUT2D eigenvalue weighted by atomic mass is 32.2. The molecule has 0 aliphatic carbocycles. The van der Waals surface area contributed by atoms with E-state index in [-0.39, 0.29) is 17.5 Å². The Labute approximate surface area is 129 Å². The molecule has 22 heavy (non-hydrogen) atoms.